The minimum absolute atomic E-state index is 0.0146. The van der Waals surface area contributed by atoms with Gasteiger partial charge in [0, 0.05) is 57.9 Å². The Kier molecular flexibility index (Phi) is 17.1. The Labute approximate surface area is 471 Å². The van der Waals surface area contributed by atoms with E-state index in [4.69, 9.17) is 37.9 Å². The molecule has 0 aliphatic carbocycles. The van der Waals surface area contributed by atoms with Gasteiger partial charge in [-0.1, -0.05) is 84.9 Å². The van der Waals surface area contributed by atoms with Gasteiger partial charge in [-0.25, -0.2) is 19.2 Å². The molecule has 2 aliphatic rings. The maximum Gasteiger partial charge on any atom is 0.343 e. The van der Waals surface area contributed by atoms with Crippen molar-refractivity contribution < 1.29 is 66.7 Å². The van der Waals surface area contributed by atoms with E-state index in [1.54, 1.807) is 84.9 Å². The van der Waals surface area contributed by atoms with Crippen LogP contribution in [-0.4, -0.2) is 87.5 Å². The van der Waals surface area contributed by atoms with Crippen LogP contribution in [0.1, 0.15) is 52.6 Å². The Balaban J connectivity index is 0.655. The van der Waals surface area contributed by atoms with E-state index >= 15 is 0 Å². The lowest BCUT2D eigenvalue weighted by Crippen LogP contribution is -2.35. The number of rotatable bonds is 18. The number of anilines is 2. The summed E-state index contributed by atoms with van der Waals surface area (Å²) in [5.74, 6) is -1.95. The Morgan fingerprint density at radius 3 is 1.15 bits per heavy atom. The summed E-state index contributed by atoms with van der Waals surface area (Å²) in [6.45, 7) is 0.0292. The summed E-state index contributed by atoms with van der Waals surface area (Å²) < 4.78 is 45.3. The smallest absolute Gasteiger partial charge is 0.343 e. The third kappa shape index (κ3) is 13.5. The average molecular weight is 1100 g/mol. The number of carbonyl (C=O) groups excluding carboxylic acids is 6. The molecule has 2 aliphatic heterocycles. The molecule has 410 valence electrons. The first-order chi connectivity index (χ1) is 40.0. The van der Waals surface area contributed by atoms with Crippen molar-refractivity contribution in [2.45, 2.75) is 24.4 Å². The molecule has 0 spiro atoms. The SMILES string of the molecule is COc1cc(NC(=O)c2ccc(OC(=O)c3ccc(-c4ccccc4)cc3)cc2)ccc1/C=C/C(=O)O[C@H]1CO[C@H]2[C@@H]1OC[C@H]2OC(=O)/C=C/c1ccc(NC(=O)c2ccc(OC(=O)c3ccc(-c4ccccc4)cc3)cc2)cc1OC. The number of carbonyl (C=O) groups is 6. The number of amides is 2. The van der Waals surface area contributed by atoms with Gasteiger partial charge in [0.15, 0.2) is 12.2 Å². The largest absolute Gasteiger partial charge is 0.496 e. The lowest BCUT2D eigenvalue weighted by Gasteiger charge is -2.16. The van der Waals surface area contributed by atoms with Crippen LogP contribution in [0.5, 0.6) is 23.0 Å². The van der Waals surface area contributed by atoms with Crippen LogP contribution in [0, 0.1) is 0 Å². The van der Waals surface area contributed by atoms with Crippen LogP contribution in [0.25, 0.3) is 34.4 Å². The minimum Gasteiger partial charge on any atom is -0.496 e. The average Bonchev–Trinajstić information content (AvgIpc) is 4.34. The molecule has 0 unspecified atom stereocenters. The van der Waals surface area contributed by atoms with Crippen LogP contribution in [-0.2, 0) is 28.5 Å². The number of ether oxygens (including phenoxy) is 8. The summed E-state index contributed by atoms with van der Waals surface area (Å²) in [4.78, 5) is 78.1. The molecule has 8 aromatic rings. The first-order valence-electron chi connectivity index (χ1n) is 25.9. The second-order valence-electron chi connectivity index (χ2n) is 18.7. The number of benzene rings is 8. The van der Waals surface area contributed by atoms with Gasteiger partial charge in [-0.3, -0.25) is 9.59 Å². The molecular formula is C66H52N2O14. The normalized spacial score (nSPS) is 16.2. The zero-order valence-electron chi connectivity index (χ0n) is 44.2. The van der Waals surface area contributed by atoms with E-state index in [9.17, 15) is 28.8 Å². The van der Waals surface area contributed by atoms with Crippen LogP contribution < -0.4 is 29.6 Å². The highest BCUT2D eigenvalue weighted by atomic mass is 16.7. The van der Waals surface area contributed by atoms with Gasteiger partial charge >= 0.3 is 23.9 Å². The second kappa shape index (κ2) is 25.6. The van der Waals surface area contributed by atoms with Crippen molar-refractivity contribution in [3.63, 3.8) is 0 Å². The fraction of sp³-hybridized carbons (Fsp3) is 0.121. The summed E-state index contributed by atoms with van der Waals surface area (Å²) in [7, 11) is 2.91. The van der Waals surface area contributed by atoms with Gasteiger partial charge in [0.1, 0.15) is 35.2 Å². The van der Waals surface area contributed by atoms with E-state index in [0.717, 1.165) is 22.3 Å². The molecule has 2 N–H and O–H groups in total. The number of nitrogens with one attached hydrogen (secondary N) is 2. The van der Waals surface area contributed by atoms with Gasteiger partial charge < -0.3 is 48.5 Å². The number of hydrogen-bond donors (Lipinski definition) is 2. The van der Waals surface area contributed by atoms with E-state index in [1.807, 2.05) is 84.9 Å². The van der Waals surface area contributed by atoms with Crippen LogP contribution in [0.2, 0.25) is 0 Å². The Hall–Kier alpha value is -10.4. The van der Waals surface area contributed by atoms with Crippen molar-refractivity contribution in [3.05, 3.63) is 240 Å². The highest BCUT2D eigenvalue weighted by Gasteiger charge is 2.51. The molecule has 2 fully saturated rings. The van der Waals surface area contributed by atoms with Crippen molar-refractivity contribution in [2.24, 2.45) is 0 Å². The molecule has 16 nitrogen and oxygen atoms in total. The molecule has 2 heterocycles. The molecule has 0 saturated carbocycles. The van der Waals surface area contributed by atoms with E-state index in [0.29, 0.717) is 56.3 Å². The maximum absolute atomic E-state index is 13.2. The zero-order chi connectivity index (χ0) is 57.0. The second-order valence-corrected chi connectivity index (χ2v) is 18.7. The zero-order valence-corrected chi connectivity index (χ0v) is 44.2. The molecule has 82 heavy (non-hydrogen) atoms. The van der Waals surface area contributed by atoms with Gasteiger partial charge in [0.2, 0.25) is 0 Å². The number of fused-ring (bicyclic) bond motifs is 1. The molecule has 8 aromatic carbocycles. The molecule has 0 aromatic heterocycles. The molecular weight excluding hydrogens is 1040 g/mol. The van der Waals surface area contributed by atoms with Crippen molar-refractivity contribution >= 4 is 59.2 Å². The lowest BCUT2D eigenvalue weighted by atomic mass is 10.0. The monoisotopic (exact) mass is 1100 g/mol. The quantitative estimate of drug-likeness (QED) is 0.0467. The number of methoxy groups -OCH3 is 2. The third-order valence-electron chi connectivity index (χ3n) is 13.4. The van der Waals surface area contributed by atoms with E-state index in [1.165, 1.54) is 62.8 Å². The van der Waals surface area contributed by atoms with E-state index < -0.39 is 60.1 Å². The minimum atomic E-state index is -0.776. The molecule has 4 atom stereocenters. The van der Waals surface area contributed by atoms with Crippen molar-refractivity contribution in [3.8, 4) is 45.3 Å². The molecule has 16 heteroatoms. The highest BCUT2D eigenvalue weighted by molar-refractivity contribution is 6.05. The van der Waals surface area contributed by atoms with Crippen LogP contribution in [0.3, 0.4) is 0 Å². The van der Waals surface area contributed by atoms with E-state index in [-0.39, 0.29) is 24.7 Å². The van der Waals surface area contributed by atoms with Gasteiger partial charge in [-0.2, -0.15) is 0 Å². The van der Waals surface area contributed by atoms with Crippen molar-refractivity contribution in [1.82, 2.24) is 0 Å². The first-order valence-corrected chi connectivity index (χ1v) is 25.9. The first kappa shape index (κ1) is 54.9. The predicted molar refractivity (Wildman–Crippen MR) is 306 cm³/mol. The Morgan fingerprint density at radius 1 is 0.427 bits per heavy atom. The lowest BCUT2D eigenvalue weighted by molar-refractivity contribution is -0.149. The number of hydrogen-bond acceptors (Lipinski definition) is 14. The topological polar surface area (TPSA) is 200 Å². The molecule has 2 amide bonds. The van der Waals surface area contributed by atoms with Gasteiger partial charge in [-0.05, 0) is 131 Å². The third-order valence-corrected chi connectivity index (χ3v) is 13.4. The van der Waals surface area contributed by atoms with Gasteiger partial charge in [0.05, 0.1) is 38.6 Å². The van der Waals surface area contributed by atoms with Crippen molar-refractivity contribution in [2.75, 3.05) is 38.1 Å². The van der Waals surface area contributed by atoms with Crippen molar-refractivity contribution in [1.29, 1.82) is 0 Å². The number of esters is 4. The fourth-order valence-electron chi connectivity index (χ4n) is 9.12. The molecule has 0 bridgehead atoms. The highest BCUT2D eigenvalue weighted by Crippen LogP contribution is 2.33. The summed E-state index contributed by atoms with van der Waals surface area (Å²) in [5.41, 5.74) is 7.33. The molecule has 10 rings (SSSR count). The van der Waals surface area contributed by atoms with Crippen LogP contribution >= 0.6 is 0 Å². The summed E-state index contributed by atoms with van der Waals surface area (Å²) in [5, 5.41) is 5.65. The summed E-state index contributed by atoms with van der Waals surface area (Å²) in [6, 6.07) is 56.0. The molecule has 2 saturated heterocycles. The standard InChI is InChI=1S/C66H52N2O14/c1-75-55-37-51(67-63(71)47-23-31-53(32-24-47)79-65(73)49-17-13-43(14-18-49)41-9-5-3-6-10-41)29-21-45(55)27-35-59(69)81-57-39-77-62-58(40-78-61(57)62)82-60(70)36-28-46-22-30-52(38-56(46)76-2)68-64(72)48-25-33-54(34-26-48)80-66(74)50-19-15-44(16-20-50)42-11-7-4-8-12-42/h3-38,57-58,61-62H,39-40H2,1-2H3,(H,67,71)(H,68,72)/b35-27+,36-28+/t57-,58+,61-,62-/m1/s1. The fourth-order valence-corrected chi connectivity index (χ4v) is 9.12. The Bertz CT molecular complexity index is 3430. The van der Waals surface area contributed by atoms with Gasteiger partial charge in [0.25, 0.3) is 11.8 Å². The predicted octanol–water partition coefficient (Wildman–Crippen LogP) is 11.3. The molecule has 0 radical (unpaired) electrons. The Morgan fingerprint density at radius 2 is 0.780 bits per heavy atom. The maximum atomic E-state index is 13.2. The van der Waals surface area contributed by atoms with E-state index in [2.05, 4.69) is 10.6 Å². The van der Waals surface area contributed by atoms with Crippen LogP contribution in [0.15, 0.2) is 206 Å². The summed E-state index contributed by atoms with van der Waals surface area (Å²) in [6.07, 6.45) is 2.58. The van der Waals surface area contributed by atoms with Crippen LogP contribution in [0.4, 0.5) is 11.4 Å². The summed E-state index contributed by atoms with van der Waals surface area (Å²) >= 11 is 0. The van der Waals surface area contributed by atoms with Gasteiger partial charge in [-0.15, -0.1) is 0 Å².